The Labute approximate surface area is 199 Å². The van der Waals surface area contributed by atoms with Crippen molar-refractivity contribution < 1.29 is 14.0 Å². The summed E-state index contributed by atoms with van der Waals surface area (Å²) in [4.78, 5) is 6.02. The van der Waals surface area contributed by atoms with Crippen molar-refractivity contribution in [3.63, 3.8) is 0 Å². The number of hydrogen-bond donors (Lipinski definition) is 0. The van der Waals surface area contributed by atoms with Crippen molar-refractivity contribution in [1.29, 1.82) is 0 Å². The quantitative estimate of drug-likeness (QED) is 0.339. The molecule has 0 N–H and O–H groups in total. The largest absolute Gasteiger partial charge is 0.496 e. The van der Waals surface area contributed by atoms with Crippen molar-refractivity contribution in [2.24, 2.45) is 0 Å². The summed E-state index contributed by atoms with van der Waals surface area (Å²) in [6.45, 7) is 18.6. The second-order valence-electron chi connectivity index (χ2n) is 8.50. The highest BCUT2D eigenvalue weighted by Gasteiger charge is 2.52. The molecule has 2 rings (SSSR count). The maximum absolute atomic E-state index is 6.11. The molecule has 0 saturated carbocycles. The maximum Gasteiger partial charge on any atom is 0.496 e. The minimum absolute atomic E-state index is 0.295. The normalized spacial score (nSPS) is 17.3. The molecule has 0 spiro atoms. The van der Waals surface area contributed by atoms with Crippen LogP contribution >= 0.6 is 15.9 Å². The van der Waals surface area contributed by atoms with Gasteiger partial charge >= 0.3 is 7.12 Å². The highest BCUT2D eigenvalue weighted by atomic mass is 79.9. The minimum Gasteiger partial charge on any atom is -0.481 e. The third-order valence-electron chi connectivity index (χ3n) is 5.13. The Hall–Kier alpha value is -1.31. The van der Waals surface area contributed by atoms with Gasteiger partial charge in [-0.15, -0.1) is 0 Å². The summed E-state index contributed by atoms with van der Waals surface area (Å²) in [5.74, 6) is 0.653. The van der Waals surface area contributed by atoms with E-state index in [1.165, 1.54) is 5.57 Å². The van der Waals surface area contributed by atoms with Gasteiger partial charge in [-0.25, -0.2) is 4.98 Å². The molecule has 0 aliphatic carbocycles. The molecule has 31 heavy (non-hydrogen) atoms. The predicted molar refractivity (Wildman–Crippen MR) is 136 cm³/mol. The first-order valence-electron chi connectivity index (χ1n) is 10.9. The van der Waals surface area contributed by atoms with Crippen molar-refractivity contribution in [1.82, 2.24) is 9.88 Å². The van der Waals surface area contributed by atoms with Gasteiger partial charge in [0.1, 0.15) is 0 Å². The van der Waals surface area contributed by atoms with E-state index < -0.39 is 0 Å². The van der Waals surface area contributed by atoms with Gasteiger partial charge in [0.25, 0.3) is 0 Å². The first-order valence-corrected chi connectivity index (χ1v) is 11.7. The predicted octanol–water partition coefficient (Wildman–Crippen LogP) is 6.61. The zero-order valence-corrected chi connectivity index (χ0v) is 23.2. The standard InChI is InChI=1S/C15H28BNO2.C7H8BrNO.C2H6/c1-9-12(2)10-13(11-17(7)8)16-18-14(3,4)15(5,6)19-16;1-5-3-7(10-2)9-4-6(5)8;1-2/h10-11H,9H2,1-8H3;3-4H,1-2H3;1-2H3/b12-10+,13-11+;;. The Morgan fingerprint density at radius 1 is 1.19 bits per heavy atom. The highest BCUT2D eigenvalue weighted by Crippen LogP contribution is 2.39. The fourth-order valence-corrected chi connectivity index (χ4v) is 2.67. The molecular formula is C24H42BBrN2O3. The van der Waals surface area contributed by atoms with E-state index in [0.29, 0.717) is 5.88 Å². The molecule has 5 nitrogen and oxygen atoms in total. The second-order valence-corrected chi connectivity index (χ2v) is 9.36. The number of aryl methyl sites for hydroxylation is 1. The van der Waals surface area contributed by atoms with Crippen molar-refractivity contribution in [3.8, 4) is 5.88 Å². The molecule has 0 atom stereocenters. The van der Waals surface area contributed by atoms with Crippen molar-refractivity contribution >= 4 is 23.0 Å². The van der Waals surface area contributed by atoms with Gasteiger partial charge < -0.3 is 18.9 Å². The topological polar surface area (TPSA) is 43.8 Å². The van der Waals surface area contributed by atoms with E-state index in [-0.39, 0.29) is 18.3 Å². The molecule has 1 aliphatic heterocycles. The molecule has 176 valence electrons. The third kappa shape index (κ3) is 9.38. The van der Waals surface area contributed by atoms with Gasteiger partial charge in [0.05, 0.1) is 18.3 Å². The molecule has 1 aromatic heterocycles. The zero-order chi connectivity index (χ0) is 24.4. The lowest BCUT2D eigenvalue weighted by Gasteiger charge is -2.32. The fraction of sp³-hybridized carbons (Fsp3) is 0.625. The fourth-order valence-electron chi connectivity index (χ4n) is 2.46. The van der Waals surface area contributed by atoms with Crippen LogP contribution in [0.25, 0.3) is 0 Å². The Morgan fingerprint density at radius 2 is 1.71 bits per heavy atom. The molecular weight excluding hydrogens is 455 g/mol. The number of allylic oxidation sites excluding steroid dienone is 3. The number of nitrogens with zero attached hydrogens (tertiary/aromatic N) is 2. The molecule has 1 fully saturated rings. The molecule has 0 bridgehead atoms. The highest BCUT2D eigenvalue weighted by molar-refractivity contribution is 9.10. The molecule has 2 heterocycles. The molecule has 0 unspecified atom stereocenters. The van der Waals surface area contributed by atoms with Gasteiger partial charge in [0.15, 0.2) is 0 Å². The number of ether oxygens (including phenoxy) is 1. The van der Waals surface area contributed by atoms with Gasteiger partial charge in [-0.1, -0.05) is 32.4 Å². The summed E-state index contributed by atoms with van der Waals surface area (Å²) in [6.07, 6.45) is 7.00. The first kappa shape index (κ1) is 29.7. The summed E-state index contributed by atoms with van der Waals surface area (Å²) in [6, 6.07) is 1.88. The number of methoxy groups -OCH3 is 1. The maximum atomic E-state index is 6.11. The van der Waals surface area contributed by atoms with E-state index in [2.05, 4.69) is 74.7 Å². The van der Waals surface area contributed by atoms with Crippen LogP contribution in [0.1, 0.15) is 67.4 Å². The zero-order valence-electron chi connectivity index (χ0n) is 21.6. The van der Waals surface area contributed by atoms with Gasteiger partial charge in [-0.2, -0.15) is 0 Å². The Morgan fingerprint density at radius 3 is 2.10 bits per heavy atom. The van der Waals surface area contributed by atoms with Gasteiger partial charge in [-0.05, 0) is 81.1 Å². The summed E-state index contributed by atoms with van der Waals surface area (Å²) >= 11 is 3.34. The van der Waals surface area contributed by atoms with Crippen LogP contribution in [0.2, 0.25) is 0 Å². The summed E-state index contributed by atoms with van der Waals surface area (Å²) in [7, 11) is 5.34. The Bertz CT molecular complexity index is 730. The lowest BCUT2D eigenvalue weighted by molar-refractivity contribution is 0.00578. The van der Waals surface area contributed by atoms with Crippen molar-refractivity contribution in [2.45, 2.75) is 79.9 Å². The van der Waals surface area contributed by atoms with Gasteiger partial charge in [-0.3, -0.25) is 0 Å². The van der Waals surface area contributed by atoms with E-state index in [9.17, 15) is 0 Å². The molecule has 7 heteroatoms. The van der Waals surface area contributed by atoms with Crippen LogP contribution in [0.15, 0.2) is 40.1 Å². The minimum atomic E-state index is -0.297. The number of rotatable bonds is 5. The number of halogens is 1. The lowest BCUT2D eigenvalue weighted by atomic mass is 9.77. The van der Waals surface area contributed by atoms with Gasteiger partial charge in [0, 0.05) is 30.8 Å². The average Bonchev–Trinajstić information content (AvgIpc) is 2.92. The number of aromatic nitrogens is 1. The molecule has 1 aliphatic rings. The lowest BCUT2D eigenvalue weighted by Crippen LogP contribution is -2.41. The molecule has 0 radical (unpaired) electrons. The third-order valence-corrected chi connectivity index (χ3v) is 5.96. The Kier molecular flexibility index (Phi) is 12.7. The summed E-state index contributed by atoms with van der Waals surface area (Å²) in [5, 5.41) is 0. The molecule has 0 aromatic carbocycles. The van der Waals surface area contributed by atoms with Gasteiger partial charge in [0.2, 0.25) is 5.88 Å². The average molecular weight is 497 g/mol. The van der Waals surface area contributed by atoms with Crippen LogP contribution in [-0.4, -0.2) is 49.4 Å². The van der Waals surface area contributed by atoms with Crippen molar-refractivity contribution in [2.75, 3.05) is 21.2 Å². The van der Waals surface area contributed by atoms with Crippen LogP contribution in [-0.2, 0) is 9.31 Å². The van der Waals surface area contributed by atoms with E-state index in [0.717, 1.165) is 21.9 Å². The van der Waals surface area contributed by atoms with E-state index >= 15 is 0 Å². The van der Waals surface area contributed by atoms with Crippen LogP contribution < -0.4 is 4.74 Å². The molecule has 1 saturated heterocycles. The number of pyridine rings is 1. The first-order chi connectivity index (χ1) is 14.3. The van der Waals surface area contributed by atoms with Crippen LogP contribution in [0.5, 0.6) is 5.88 Å². The molecule has 1 aromatic rings. The van der Waals surface area contributed by atoms with E-state index in [1.54, 1.807) is 13.3 Å². The summed E-state index contributed by atoms with van der Waals surface area (Å²) in [5.41, 5.74) is 2.94. The number of hydrogen-bond acceptors (Lipinski definition) is 5. The van der Waals surface area contributed by atoms with Crippen LogP contribution in [0.3, 0.4) is 0 Å². The summed E-state index contributed by atoms with van der Waals surface area (Å²) < 4.78 is 18.1. The van der Waals surface area contributed by atoms with Crippen LogP contribution in [0.4, 0.5) is 0 Å². The smallest absolute Gasteiger partial charge is 0.481 e. The SMILES string of the molecule is CC.CC/C(C)=C/C(=C\N(C)C)B1OC(C)(C)C(C)(C)O1.COc1cc(C)c(Br)cn1. The molecule has 0 amide bonds. The van der Waals surface area contributed by atoms with E-state index in [4.69, 9.17) is 14.0 Å². The van der Waals surface area contributed by atoms with Crippen molar-refractivity contribution in [3.05, 3.63) is 45.6 Å². The monoisotopic (exact) mass is 496 g/mol. The van der Waals surface area contributed by atoms with Crippen LogP contribution in [0, 0.1) is 6.92 Å². The Balaban J connectivity index is 0.000000628. The van der Waals surface area contributed by atoms with E-state index in [1.807, 2.05) is 45.8 Å². The second kappa shape index (κ2) is 13.3.